The number of amides is 1. The Morgan fingerprint density at radius 3 is 2.58 bits per heavy atom. The van der Waals surface area contributed by atoms with Gasteiger partial charge in [-0.3, -0.25) is 9.52 Å². The Kier molecular flexibility index (Phi) is 6.75. The molecule has 7 heteroatoms. The summed E-state index contributed by atoms with van der Waals surface area (Å²) in [6.07, 6.45) is 6.10. The lowest BCUT2D eigenvalue weighted by atomic mass is 9.92. The molecule has 0 saturated carbocycles. The molecule has 3 aromatic rings. The summed E-state index contributed by atoms with van der Waals surface area (Å²) in [6.45, 7) is 7.20. The predicted octanol–water partition coefficient (Wildman–Crippen LogP) is 5.35. The van der Waals surface area contributed by atoms with Crippen molar-refractivity contribution in [3.8, 4) is 11.1 Å². The molecular weight excluding hydrogens is 410 g/mol. The minimum atomic E-state index is -3.42. The standard InChI is InChI=1S/C24H27N3O3S/c1-5-7-21-22(27-31(29,30)12-6-2)11-8-16(3)24(21)19-10-9-18-14-23(26-17(4)28)25-15-20(18)13-19/h5,7-11,13-15,27H,6,12H2,1-4H3,(H,25,26,28). The number of nitrogens with one attached hydrogen (secondary N) is 2. The molecule has 0 unspecified atom stereocenters. The summed E-state index contributed by atoms with van der Waals surface area (Å²) < 4.78 is 27.5. The average molecular weight is 438 g/mol. The predicted molar refractivity (Wildman–Crippen MR) is 129 cm³/mol. The van der Waals surface area contributed by atoms with E-state index in [9.17, 15) is 13.2 Å². The van der Waals surface area contributed by atoms with Crippen molar-refractivity contribution in [2.24, 2.45) is 0 Å². The number of anilines is 2. The second-order valence-electron chi connectivity index (χ2n) is 7.45. The molecule has 2 aromatic carbocycles. The second-order valence-corrected chi connectivity index (χ2v) is 9.29. The van der Waals surface area contributed by atoms with Crippen molar-refractivity contribution in [1.82, 2.24) is 4.98 Å². The average Bonchev–Trinajstić information content (AvgIpc) is 2.69. The summed E-state index contributed by atoms with van der Waals surface area (Å²) in [5.41, 5.74) is 4.34. The number of fused-ring (bicyclic) bond motifs is 1. The molecule has 0 saturated heterocycles. The highest BCUT2D eigenvalue weighted by Gasteiger charge is 2.16. The van der Waals surface area contributed by atoms with E-state index in [0.717, 1.165) is 33.0 Å². The van der Waals surface area contributed by atoms with E-state index < -0.39 is 10.0 Å². The van der Waals surface area contributed by atoms with Crippen molar-refractivity contribution in [2.75, 3.05) is 15.8 Å². The van der Waals surface area contributed by atoms with Gasteiger partial charge in [-0.25, -0.2) is 13.4 Å². The molecule has 1 aromatic heterocycles. The van der Waals surface area contributed by atoms with E-state index in [-0.39, 0.29) is 11.7 Å². The number of rotatable bonds is 7. The highest BCUT2D eigenvalue weighted by molar-refractivity contribution is 7.92. The maximum Gasteiger partial charge on any atom is 0.232 e. The monoisotopic (exact) mass is 437 g/mol. The molecule has 0 aliphatic carbocycles. The smallest absolute Gasteiger partial charge is 0.232 e. The SMILES string of the molecule is CC=Cc1c(NS(=O)(=O)CCC)ccc(C)c1-c1ccc2cc(NC(C)=O)ncc2c1. The number of benzene rings is 2. The minimum absolute atomic E-state index is 0.0732. The van der Waals surface area contributed by atoms with Crippen molar-refractivity contribution in [2.45, 2.75) is 34.1 Å². The van der Waals surface area contributed by atoms with Crippen LogP contribution in [0.1, 0.15) is 38.3 Å². The summed E-state index contributed by atoms with van der Waals surface area (Å²) in [5.74, 6) is 0.410. The number of sulfonamides is 1. The lowest BCUT2D eigenvalue weighted by Crippen LogP contribution is -2.17. The van der Waals surface area contributed by atoms with Gasteiger partial charge >= 0.3 is 0 Å². The first kappa shape index (κ1) is 22.5. The van der Waals surface area contributed by atoms with Crippen LogP contribution in [0.15, 0.2) is 48.7 Å². The van der Waals surface area contributed by atoms with Gasteiger partial charge in [0, 0.05) is 24.1 Å². The molecule has 31 heavy (non-hydrogen) atoms. The lowest BCUT2D eigenvalue weighted by molar-refractivity contribution is -0.114. The summed E-state index contributed by atoms with van der Waals surface area (Å²) in [6, 6.07) is 11.6. The van der Waals surface area contributed by atoms with Crippen LogP contribution in [0.4, 0.5) is 11.5 Å². The Hall–Kier alpha value is -3.19. The van der Waals surface area contributed by atoms with Crippen molar-refractivity contribution in [1.29, 1.82) is 0 Å². The fraction of sp³-hybridized carbons (Fsp3) is 0.250. The number of hydrogen-bond acceptors (Lipinski definition) is 4. The van der Waals surface area contributed by atoms with Crippen LogP contribution in [0.2, 0.25) is 0 Å². The van der Waals surface area contributed by atoms with Crippen LogP contribution >= 0.6 is 0 Å². The zero-order valence-electron chi connectivity index (χ0n) is 18.2. The van der Waals surface area contributed by atoms with Crippen molar-refractivity contribution < 1.29 is 13.2 Å². The molecule has 3 rings (SSSR count). The quantitative estimate of drug-likeness (QED) is 0.521. The van der Waals surface area contributed by atoms with E-state index in [4.69, 9.17) is 0 Å². The zero-order valence-corrected chi connectivity index (χ0v) is 19.0. The van der Waals surface area contributed by atoms with Crippen LogP contribution in [0.3, 0.4) is 0 Å². The maximum absolute atomic E-state index is 12.4. The number of carbonyl (C=O) groups is 1. The van der Waals surface area contributed by atoms with E-state index in [1.54, 1.807) is 6.20 Å². The zero-order chi connectivity index (χ0) is 22.6. The van der Waals surface area contributed by atoms with Crippen molar-refractivity contribution in [3.63, 3.8) is 0 Å². The Labute approximate surface area is 183 Å². The molecule has 0 fully saturated rings. The van der Waals surface area contributed by atoms with E-state index in [0.29, 0.717) is 17.9 Å². The first-order valence-corrected chi connectivity index (χ1v) is 11.8. The fourth-order valence-electron chi connectivity index (χ4n) is 3.57. The molecule has 0 aliphatic rings. The van der Waals surface area contributed by atoms with Gasteiger partial charge in [0.05, 0.1) is 11.4 Å². The number of hydrogen-bond donors (Lipinski definition) is 2. The molecule has 0 atom stereocenters. The molecule has 1 heterocycles. The first-order chi connectivity index (χ1) is 14.7. The third kappa shape index (κ3) is 5.30. The van der Waals surface area contributed by atoms with Gasteiger partial charge in [0.25, 0.3) is 0 Å². The van der Waals surface area contributed by atoms with E-state index in [1.807, 2.05) is 69.3 Å². The lowest BCUT2D eigenvalue weighted by Gasteiger charge is -2.17. The number of nitrogens with zero attached hydrogens (tertiary/aromatic N) is 1. The Balaban J connectivity index is 2.13. The van der Waals surface area contributed by atoms with Crippen LogP contribution in [-0.4, -0.2) is 25.1 Å². The van der Waals surface area contributed by atoms with Gasteiger partial charge in [0.15, 0.2) is 0 Å². The van der Waals surface area contributed by atoms with Crippen molar-refractivity contribution >= 4 is 44.3 Å². The largest absolute Gasteiger partial charge is 0.311 e. The Morgan fingerprint density at radius 2 is 1.90 bits per heavy atom. The molecule has 0 bridgehead atoms. The minimum Gasteiger partial charge on any atom is -0.311 e. The summed E-state index contributed by atoms with van der Waals surface area (Å²) in [4.78, 5) is 15.6. The molecule has 0 aliphatic heterocycles. The van der Waals surface area contributed by atoms with Gasteiger partial charge < -0.3 is 5.32 Å². The van der Waals surface area contributed by atoms with Gasteiger partial charge in [0.1, 0.15) is 5.82 Å². The van der Waals surface area contributed by atoms with Crippen LogP contribution in [0, 0.1) is 6.92 Å². The van der Waals surface area contributed by atoms with E-state index >= 15 is 0 Å². The highest BCUT2D eigenvalue weighted by atomic mass is 32.2. The van der Waals surface area contributed by atoms with Crippen molar-refractivity contribution in [3.05, 3.63) is 59.8 Å². The third-order valence-corrected chi connectivity index (χ3v) is 6.32. The number of allylic oxidation sites excluding steroid dienone is 1. The molecular formula is C24H27N3O3S. The Morgan fingerprint density at radius 1 is 1.13 bits per heavy atom. The van der Waals surface area contributed by atoms with Gasteiger partial charge in [-0.15, -0.1) is 0 Å². The molecule has 2 N–H and O–H groups in total. The molecule has 162 valence electrons. The van der Waals surface area contributed by atoms with Gasteiger partial charge in [0.2, 0.25) is 15.9 Å². The van der Waals surface area contributed by atoms with Crippen LogP contribution in [-0.2, 0) is 14.8 Å². The second kappa shape index (κ2) is 9.31. The van der Waals surface area contributed by atoms with Crippen LogP contribution in [0.25, 0.3) is 28.0 Å². The number of carbonyl (C=O) groups excluding carboxylic acids is 1. The van der Waals surface area contributed by atoms with Crippen LogP contribution < -0.4 is 10.0 Å². The molecule has 0 radical (unpaired) electrons. The summed E-state index contributed by atoms with van der Waals surface area (Å²) >= 11 is 0. The van der Waals surface area contributed by atoms with Gasteiger partial charge in [-0.05, 0) is 60.5 Å². The number of aromatic nitrogens is 1. The number of pyridine rings is 1. The van der Waals surface area contributed by atoms with Crippen LogP contribution in [0.5, 0.6) is 0 Å². The Bertz CT molecular complexity index is 1260. The van der Waals surface area contributed by atoms with Gasteiger partial charge in [-0.2, -0.15) is 0 Å². The summed E-state index contributed by atoms with van der Waals surface area (Å²) in [7, 11) is -3.42. The van der Waals surface area contributed by atoms with E-state index in [1.165, 1.54) is 6.92 Å². The highest BCUT2D eigenvalue weighted by Crippen LogP contribution is 2.36. The summed E-state index contributed by atoms with van der Waals surface area (Å²) in [5, 5.41) is 4.57. The van der Waals surface area contributed by atoms with E-state index in [2.05, 4.69) is 15.0 Å². The topological polar surface area (TPSA) is 88.2 Å². The maximum atomic E-state index is 12.4. The van der Waals surface area contributed by atoms with Gasteiger partial charge in [-0.1, -0.05) is 37.3 Å². The third-order valence-electron chi connectivity index (χ3n) is 4.84. The molecule has 6 nitrogen and oxygen atoms in total. The molecule has 0 spiro atoms. The first-order valence-electron chi connectivity index (χ1n) is 10.2. The number of aryl methyl sites for hydroxylation is 1. The normalized spacial score (nSPS) is 11.7. The fourth-order valence-corrected chi connectivity index (χ4v) is 4.73. The molecule has 1 amide bonds.